The van der Waals surface area contributed by atoms with Gasteiger partial charge in [-0.05, 0) is 25.7 Å². The molecule has 0 spiro atoms. The second kappa shape index (κ2) is 9.29. The first-order valence-corrected chi connectivity index (χ1v) is 9.36. The van der Waals surface area contributed by atoms with Crippen molar-refractivity contribution in [2.75, 3.05) is 19.3 Å². The molecule has 0 saturated carbocycles. The van der Waals surface area contributed by atoms with Crippen LogP contribution >= 0.6 is 47.1 Å². The molecule has 0 aliphatic carbocycles. The molecule has 2 saturated heterocycles. The molecule has 0 aromatic carbocycles. The Balaban J connectivity index is 0.00000176. The number of aliphatic imine (C=N–C) groups is 1. The quantitative estimate of drug-likeness (QED) is 0.228. The first-order valence-electron chi connectivity index (χ1n) is 7.50. The van der Waals surface area contributed by atoms with Gasteiger partial charge in [-0.1, -0.05) is 11.8 Å². The maximum Gasteiger partial charge on any atom is 0.191 e. The monoisotopic (exact) mass is 454 g/mol. The smallest absolute Gasteiger partial charge is 0.191 e. The van der Waals surface area contributed by atoms with Gasteiger partial charge in [0.05, 0.1) is 18.2 Å². The molecule has 1 aromatic heterocycles. The zero-order valence-electron chi connectivity index (χ0n) is 12.7. The van der Waals surface area contributed by atoms with Crippen LogP contribution in [0.25, 0.3) is 0 Å². The van der Waals surface area contributed by atoms with Crippen LogP contribution in [0.15, 0.2) is 20.9 Å². The SMILES string of the molecule is CN=C(NCCCSc1nccs1)NC1CC2CCC1O2.I. The lowest BCUT2D eigenvalue weighted by Crippen LogP contribution is -2.47. The molecule has 3 heterocycles. The fourth-order valence-electron chi connectivity index (χ4n) is 2.88. The van der Waals surface area contributed by atoms with Crippen LogP contribution in [0.3, 0.4) is 0 Å². The van der Waals surface area contributed by atoms with E-state index in [1.165, 1.54) is 12.8 Å². The molecule has 1 aromatic rings. The van der Waals surface area contributed by atoms with Crippen LogP contribution < -0.4 is 10.6 Å². The van der Waals surface area contributed by atoms with Gasteiger partial charge in [-0.3, -0.25) is 4.99 Å². The minimum atomic E-state index is 0. The van der Waals surface area contributed by atoms with E-state index in [0.29, 0.717) is 18.2 Å². The highest BCUT2D eigenvalue weighted by atomic mass is 127. The Morgan fingerprint density at radius 1 is 1.55 bits per heavy atom. The molecule has 2 bridgehead atoms. The minimum absolute atomic E-state index is 0. The van der Waals surface area contributed by atoms with Crippen molar-refractivity contribution in [3.63, 3.8) is 0 Å². The first kappa shape index (κ1) is 18.3. The Kier molecular flexibility index (Phi) is 7.72. The number of halogens is 1. The summed E-state index contributed by atoms with van der Waals surface area (Å²) in [5.74, 6) is 1.98. The average molecular weight is 454 g/mol. The summed E-state index contributed by atoms with van der Waals surface area (Å²) >= 11 is 3.52. The molecule has 3 rings (SSSR count). The highest BCUT2D eigenvalue weighted by molar-refractivity contribution is 14.0. The molecule has 8 heteroatoms. The number of nitrogens with one attached hydrogen (secondary N) is 2. The van der Waals surface area contributed by atoms with Gasteiger partial charge >= 0.3 is 0 Å². The molecule has 22 heavy (non-hydrogen) atoms. The highest BCUT2D eigenvalue weighted by Gasteiger charge is 2.40. The Morgan fingerprint density at radius 3 is 3.09 bits per heavy atom. The van der Waals surface area contributed by atoms with Crippen molar-refractivity contribution in [2.45, 2.75) is 48.3 Å². The lowest BCUT2D eigenvalue weighted by atomic mass is 9.96. The summed E-state index contributed by atoms with van der Waals surface area (Å²) in [5, 5.41) is 8.90. The zero-order valence-corrected chi connectivity index (χ0v) is 16.6. The van der Waals surface area contributed by atoms with E-state index in [1.807, 2.05) is 30.4 Å². The van der Waals surface area contributed by atoms with Gasteiger partial charge in [0.1, 0.15) is 4.34 Å². The Morgan fingerprint density at radius 2 is 2.45 bits per heavy atom. The highest BCUT2D eigenvalue weighted by Crippen LogP contribution is 2.34. The van der Waals surface area contributed by atoms with Crippen LogP contribution in [-0.4, -0.2) is 48.5 Å². The Bertz CT molecular complexity index is 471. The van der Waals surface area contributed by atoms with E-state index in [2.05, 4.69) is 20.6 Å². The van der Waals surface area contributed by atoms with Gasteiger partial charge in [0.25, 0.3) is 0 Å². The Hall–Kier alpha value is -0.0600. The van der Waals surface area contributed by atoms with Gasteiger partial charge in [0.2, 0.25) is 0 Å². The van der Waals surface area contributed by atoms with Crippen molar-refractivity contribution in [3.8, 4) is 0 Å². The summed E-state index contributed by atoms with van der Waals surface area (Å²) < 4.78 is 7.01. The number of hydrogen-bond acceptors (Lipinski definition) is 5. The zero-order chi connectivity index (χ0) is 14.5. The third-order valence-corrected chi connectivity index (χ3v) is 5.95. The molecule has 2 N–H and O–H groups in total. The number of thiazole rings is 1. The number of ether oxygens (including phenoxy) is 1. The van der Waals surface area contributed by atoms with Gasteiger partial charge in [0.15, 0.2) is 5.96 Å². The molecular weight excluding hydrogens is 431 g/mol. The standard InChI is InChI=1S/C14H22N4OS2.HI/c1-15-13(18-11-9-10-3-4-12(11)19-10)16-5-2-7-20-14-17-6-8-21-14;/h6,8,10-12H,2-5,7,9H2,1H3,(H2,15,16,18);1H. The molecule has 3 atom stereocenters. The molecule has 0 amide bonds. The summed E-state index contributed by atoms with van der Waals surface area (Å²) in [5.41, 5.74) is 0. The van der Waals surface area contributed by atoms with E-state index in [0.717, 1.165) is 35.4 Å². The molecule has 2 aliphatic rings. The predicted octanol–water partition coefficient (Wildman–Crippen LogP) is 2.73. The van der Waals surface area contributed by atoms with Crippen LogP contribution in [-0.2, 0) is 4.74 Å². The van der Waals surface area contributed by atoms with Crippen molar-refractivity contribution in [3.05, 3.63) is 11.6 Å². The molecular formula is C14H23IN4OS2. The molecule has 124 valence electrons. The van der Waals surface area contributed by atoms with Crippen LogP contribution in [0.2, 0.25) is 0 Å². The minimum Gasteiger partial charge on any atom is -0.373 e. The number of thioether (sulfide) groups is 1. The van der Waals surface area contributed by atoms with E-state index in [4.69, 9.17) is 4.74 Å². The van der Waals surface area contributed by atoms with Crippen molar-refractivity contribution in [2.24, 2.45) is 4.99 Å². The molecule has 5 nitrogen and oxygen atoms in total. The van der Waals surface area contributed by atoms with Gasteiger partial charge in [-0.15, -0.1) is 35.3 Å². The van der Waals surface area contributed by atoms with Crippen LogP contribution in [0.4, 0.5) is 0 Å². The summed E-state index contributed by atoms with van der Waals surface area (Å²) in [6, 6.07) is 0.430. The number of fused-ring (bicyclic) bond motifs is 2. The molecule has 2 aliphatic heterocycles. The summed E-state index contributed by atoms with van der Waals surface area (Å²) in [6.45, 7) is 0.930. The number of nitrogens with zero attached hydrogens (tertiary/aromatic N) is 2. The third-order valence-electron chi connectivity index (χ3n) is 3.90. The molecule has 2 fully saturated rings. The largest absolute Gasteiger partial charge is 0.373 e. The van der Waals surface area contributed by atoms with Crippen molar-refractivity contribution >= 4 is 53.0 Å². The van der Waals surface area contributed by atoms with E-state index >= 15 is 0 Å². The lowest BCUT2D eigenvalue weighted by Gasteiger charge is -2.22. The number of rotatable bonds is 6. The van der Waals surface area contributed by atoms with Gasteiger partial charge in [-0.2, -0.15) is 0 Å². The maximum atomic E-state index is 5.86. The van der Waals surface area contributed by atoms with Gasteiger partial charge < -0.3 is 15.4 Å². The number of aromatic nitrogens is 1. The second-order valence-corrected chi connectivity index (χ2v) is 7.60. The fraction of sp³-hybridized carbons (Fsp3) is 0.714. The molecule has 0 radical (unpaired) electrons. The van der Waals surface area contributed by atoms with E-state index in [9.17, 15) is 0 Å². The maximum absolute atomic E-state index is 5.86. The Labute approximate surface area is 157 Å². The molecule has 3 unspecified atom stereocenters. The van der Waals surface area contributed by atoms with Crippen LogP contribution in [0.5, 0.6) is 0 Å². The normalized spacial score (nSPS) is 26.8. The first-order chi connectivity index (χ1) is 10.3. The van der Waals surface area contributed by atoms with Gasteiger partial charge in [0, 0.05) is 30.9 Å². The fourth-order valence-corrected chi connectivity index (χ4v) is 4.53. The van der Waals surface area contributed by atoms with Crippen molar-refractivity contribution < 1.29 is 4.74 Å². The number of hydrogen-bond donors (Lipinski definition) is 2. The average Bonchev–Trinajstić information content (AvgIpc) is 3.23. The summed E-state index contributed by atoms with van der Waals surface area (Å²) in [6.07, 6.45) is 7.33. The lowest BCUT2D eigenvalue weighted by molar-refractivity contribution is 0.0992. The number of guanidine groups is 1. The topological polar surface area (TPSA) is 58.5 Å². The van der Waals surface area contributed by atoms with Crippen LogP contribution in [0, 0.1) is 0 Å². The van der Waals surface area contributed by atoms with Gasteiger partial charge in [-0.25, -0.2) is 4.98 Å². The summed E-state index contributed by atoms with van der Waals surface area (Å²) in [7, 11) is 1.83. The van der Waals surface area contributed by atoms with E-state index in [1.54, 1.807) is 11.3 Å². The van der Waals surface area contributed by atoms with Crippen LogP contribution in [0.1, 0.15) is 25.7 Å². The van der Waals surface area contributed by atoms with E-state index < -0.39 is 0 Å². The third kappa shape index (κ3) is 4.97. The summed E-state index contributed by atoms with van der Waals surface area (Å²) in [4.78, 5) is 8.57. The second-order valence-electron chi connectivity index (χ2n) is 5.36. The van der Waals surface area contributed by atoms with E-state index in [-0.39, 0.29) is 24.0 Å². The van der Waals surface area contributed by atoms with Crippen molar-refractivity contribution in [1.82, 2.24) is 15.6 Å². The van der Waals surface area contributed by atoms with Crippen molar-refractivity contribution in [1.29, 1.82) is 0 Å². The predicted molar refractivity (Wildman–Crippen MR) is 104 cm³/mol.